The third kappa shape index (κ3) is 4.25. The predicted octanol–water partition coefficient (Wildman–Crippen LogP) is 3.67. The van der Waals surface area contributed by atoms with Crippen molar-refractivity contribution < 1.29 is 17.6 Å². The number of carbonyl (C=O) groups is 1. The van der Waals surface area contributed by atoms with Crippen molar-refractivity contribution in [3.63, 3.8) is 0 Å². The van der Waals surface area contributed by atoms with Crippen molar-refractivity contribution in [3.8, 4) is 0 Å². The van der Waals surface area contributed by atoms with E-state index in [0.717, 1.165) is 17.8 Å². The van der Waals surface area contributed by atoms with Crippen LogP contribution in [-0.4, -0.2) is 37.8 Å². The second-order valence-electron chi connectivity index (χ2n) is 7.27. The van der Waals surface area contributed by atoms with E-state index in [1.54, 1.807) is 4.90 Å². The van der Waals surface area contributed by atoms with Gasteiger partial charge in [-0.05, 0) is 63.1 Å². The minimum atomic E-state index is -3.67. The Kier molecular flexibility index (Phi) is 6.15. The van der Waals surface area contributed by atoms with Crippen molar-refractivity contribution in [3.05, 3.63) is 60.4 Å². The van der Waals surface area contributed by atoms with Crippen LogP contribution in [0.5, 0.6) is 0 Å². The summed E-state index contributed by atoms with van der Waals surface area (Å²) in [6, 6.07) is 14.4. The zero-order valence-corrected chi connectivity index (χ0v) is 16.9. The number of para-hydroxylation sites is 1. The monoisotopic (exact) mass is 404 g/mol. The number of carbonyl (C=O) groups excluding carboxylic acids is 1. The van der Waals surface area contributed by atoms with E-state index in [4.69, 9.17) is 0 Å². The lowest BCUT2D eigenvalue weighted by Gasteiger charge is -2.35. The molecule has 0 aromatic heterocycles. The molecular weight excluding hydrogens is 379 g/mol. The van der Waals surface area contributed by atoms with Gasteiger partial charge >= 0.3 is 0 Å². The van der Waals surface area contributed by atoms with Crippen LogP contribution in [-0.2, 0) is 14.8 Å². The number of nitrogens with zero attached hydrogens (tertiary/aromatic N) is 2. The van der Waals surface area contributed by atoms with E-state index in [1.165, 1.54) is 16.4 Å². The number of halogens is 1. The van der Waals surface area contributed by atoms with Gasteiger partial charge in [-0.15, -0.1) is 0 Å². The number of piperidine rings is 1. The lowest BCUT2D eigenvalue weighted by atomic mass is 9.95. The fourth-order valence-electron chi connectivity index (χ4n) is 3.56. The van der Waals surface area contributed by atoms with Gasteiger partial charge in [0, 0.05) is 30.7 Å². The molecule has 0 unspecified atom stereocenters. The molecule has 3 rings (SSSR count). The maximum atomic E-state index is 13.1. The maximum Gasteiger partial charge on any atom is 0.243 e. The summed E-state index contributed by atoms with van der Waals surface area (Å²) >= 11 is 0. The molecule has 0 radical (unpaired) electrons. The first kappa shape index (κ1) is 20.5. The van der Waals surface area contributed by atoms with Gasteiger partial charge < -0.3 is 4.90 Å². The van der Waals surface area contributed by atoms with E-state index in [9.17, 15) is 17.6 Å². The van der Waals surface area contributed by atoms with Gasteiger partial charge in [0.25, 0.3) is 0 Å². The summed E-state index contributed by atoms with van der Waals surface area (Å²) in [6.45, 7) is 4.49. The van der Waals surface area contributed by atoms with Gasteiger partial charge in [-0.25, -0.2) is 12.8 Å². The van der Waals surface area contributed by atoms with Crippen molar-refractivity contribution in [2.24, 2.45) is 5.92 Å². The number of amides is 1. The third-order valence-electron chi connectivity index (χ3n) is 5.04. The second kappa shape index (κ2) is 8.41. The van der Waals surface area contributed by atoms with E-state index in [2.05, 4.69) is 0 Å². The van der Waals surface area contributed by atoms with Crippen LogP contribution in [0.25, 0.3) is 0 Å². The van der Waals surface area contributed by atoms with Gasteiger partial charge in [0.05, 0.1) is 4.90 Å². The Morgan fingerprint density at radius 1 is 1.04 bits per heavy atom. The molecule has 28 heavy (non-hydrogen) atoms. The fraction of sp³-hybridized carbons (Fsp3) is 0.381. The zero-order chi connectivity index (χ0) is 20.3. The Bertz CT molecular complexity index is 906. The van der Waals surface area contributed by atoms with Crippen LogP contribution >= 0.6 is 0 Å². The smallest absolute Gasteiger partial charge is 0.243 e. The van der Waals surface area contributed by atoms with Crippen molar-refractivity contribution in [2.45, 2.75) is 37.6 Å². The Morgan fingerprint density at radius 3 is 2.14 bits per heavy atom. The summed E-state index contributed by atoms with van der Waals surface area (Å²) in [4.78, 5) is 15.0. The van der Waals surface area contributed by atoms with Gasteiger partial charge in [0.1, 0.15) is 5.82 Å². The molecule has 0 atom stereocenters. The Balaban J connectivity index is 1.70. The van der Waals surface area contributed by atoms with E-state index in [1.807, 2.05) is 44.2 Å². The van der Waals surface area contributed by atoms with Crippen LogP contribution in [0.2, 0.25) is 0 Å². The molecule has 2 aromatic rings. The number of benzene rings is 2. The van der Waals surface area contributed by atoms with Crippen molar-refractivity contribution in [1.82, 2.24) is 4.31 Å². The van der Waals surface area contributed by atoms with Gasteiger partial charge in [-0.3, -0.25) is 4.79 Å². The van der Waals surface area contributed by atoms with Gasteiger partial charge in [0.15, 0.2) is 0 Å². The second-order valence-corrected chi connectivity index (χ2v) is 9.21. The normalized spacial score (nSPS) is 16.3. The molecule has 2 aromatic carbocycles. The molecule has 7 heteroatoms. The minimum absolute atomic E-state index is 0.0101. The fourth-order valence-corrected chi connectivity index (χ4v) is 5.03. The highest BCUT2D eigenvalue weighted by molar-refractivity contribution is 7.89. The van der Waals surface area contributed by atoms with Crippen molar-refractivity contribution >= 4 is 21.6 Å². The molecule has 1 amide bonds. The van der Waals surface area contributed by atoms with Crippen LogP contribution < -0.4 is 4.90 Å². The molecule has 150 valence electrons. The summed E-state index contributed by atoms with van der Waals surface area (Å²) < 4.78 is 40.0. The Labute approximate surface area is 165 Å². The summed E-state index contributed by atoms with van der Waals surface area (Å²) in [5.41, 5.74) is 0.851. The van der Waals surface area contributed by atoms with E-state index < -0.39 is 15.8 Å². The molecule has 0 aliphatic carbocycles. The number of hydrogen-bond donors (Lipinski definition) is 0. The molecule has 0 N–H and O–H groups in total. The first-order valence-electron chi connectivity index (χ1n) is 9.44. The number of sulfonamides is 1. The van der Waals surface area contributed by atoms with Crippen molar-refractivity contribution in [1.29, 1.82) is 0 Å². The molecule has 0 spiro atoms. The minimum Gasteiger partial charge on any atom is -0.310 e. The molecule has 1 aliphatic heterocycles. The number of hydrogen-bond acceptors (Lipinski definition) is 3. The highest BCUT2D eigenvalue weighted by Crippen LogP contribution is 2.28. The van der Waals surface area contributed by atoms with Crippen LogP contribution in [0.15, 0.2) is 59.5 Å². The Morgan fingerprint density at radius 2 is 1.61 bits per heavy atom. The van der Waals surface area contributed by atoms with Gasteiger partial charge in [-0.2, -0.15) is 4.31 Å². The molecule has 0 saturated carbocycles. The average molecular weight is 405 g/mol. The van der Waals surface area contributed by atoms with Crippen LogP contribution in [0.4, 0.5) is 10.1 Å². The number of anilines is 1. The van der Waals surface area contributed by atoms with E-state index in [-0.39, 0.29) is 35.9 Å². The van der Waals surface area contributed by atoms with E-state index >= 15 is 0 Å². The molecule has 1 fully saturated rings. The lowest BCUT2D eigenvalue weighted by molar-refractivity contribution is -0.123. The molecule has 0 bridgehead atoms. The quantitative estimate of drug-likeness (QED) is 0.764. The first-order valence-corrected chi connectivity index (χ1v) is 10.9. The molecule has 1 saturated heterocycles. The topological polar surface area (TPSA) is 57.7 Å². The number of rotatable bonds is 5. The third-order valence-corrected chi connectivity index (χ3v) is 6.96. The Hall–Kier alpha value is -2.25. The van der Waals surface area contributed by atoms with Crippen LogP contribution in [0.1, 0.15) is 26.7 Å². The summed E-state index contributed by atoms with van der Waals surface area (Å²) in [5, 5.41) is 0. The standard InChI is InChI=1S/C21H25FN2O3S/c1-16(2)24(19-6-4-3-5-7-19)21(25)17-12-14-23(15-13-17)28(26,27)20-10-8-18(22)9-11-20/h3-11,16-17H,12-15H2,1-2H3. The van der Waals surface area contributed by atoms with Crippen molar-refractivity contribution in [2.75, 3.05) is 18.0 Å². The molecule has 5 nitrogen and oxygen atoms in total. The lowest BCUT2D eigenvalue weighted by Crippen LogP contribution is -2.46. The summed E-state index contributed by atoms with van der Waals surface area (Å²) in [5.74, 6) is -0.666. The summed E-state index contributed by atoms with van der Waals surface area (Å²) in [7, 11) is -3.67. The molecule has 1 aliphatic rings. The first-order chi connectivity index (χ1) is 13.3. The maximum absolute atomic E-state index is 13.1. The van der Waals surface area contributed by atoms with Crippen LogP contribution in [0.3, 0.4) is 0 Å². The van der Waals surface area contributed by atoms with Crippen LogP contribution in [0, 0.1) is 11.7 Å². The average Bonchev–Trinajstić information content (AvgIpc) is 2.69. The van der Waals surface area contributed by atoms with Gasteiger partial charge in [-0.1, -0.05) is 18.2 Å². The molecular formula is C21H25FN2O3S. The zero-order valence-electron chi connectivity index (χ0n) is 16.1. The highest BCUT2D eigenvalue weighted by atomic mass is 32.2. The van der Waals surface area contributed by atoms with E-state index in [0.29, 0.717) is 12.8 Å². The molecule has 1 heterocycles. The SMILES string of the molecule is CC(C)N(C(=O)C1CCN(S(=O)(=O)c2ccc(F)cc2)CC1)c1ccccc1. The summed E-state index contributed by atoms with van der Waals surface area (Å²) in [6.07, 6.45) is 0.935. The highest BCUT2D eigenvalue weighted by Gasteiger charge is 2.34. The largest absolute Gasteiger partial charge is 0.310 e. The van der Waals surface area contributed by atoms with Gasteiger partial charge in [0.2, 0.25) is 15.9 Å². The predicted molar refractivity (Wildman–Crippen MR) is 107 cm³/mol.